The summed E-state index contributed by atoms with van der Waals surface area (Å²) in [6, 6.07) is 5.26. The van der Waals surface area contributed by atoms with E-state index in [-0.39, 0.29) is 5.82 Å². The normalized spacial score (nSPS) is 25.2. The molecular weight excluding hydrogens is 277 g/mol. The van der Waals surface area contributed by atoms with E-state index < -0.39 is 0 Å². The average molecular weight is 298 g/mol. The fourth-order valence-corrected chi connectivity index (χ4v) is 3.38. The third-order valence-corrected chi connectivity index (χ3v) is 4.69. The molecule has 0 spiro atoms. The molecule has 3 rings (SSSR count). The van der Waals surface area contributed by atoms with Crippen molar-refractivity contribution < 1.29 is 4.39 Å². The molecule has 0 aromatic heterocycles. The van der Waals surface area contributed by atoms with Crippen LogP contribution in [0.5, 0.6) is 0 Å². The molecule has 2 aliphatic rings. The Morgan fingerprint density at radius 3 is 2.85 bits per heavy atom. The van der Waals surface area contributed by atoms with Gasteiger partial charge in [-0.2, -0.15) is 0 Å². The van der Waals surface area contributed by atoms with E-state index in [0.717, 1.165) is 51.4 Å². The van der Waals surface area contributed by atoms with E-state index in [2.05, 4.69) is 15.1 Å². The minimum atomic E-state index is -0.206. The summed E-state index contributed by atoms with van der Waals surface area (Å²) >= 11 is 6.15. The number of likely N-dealkylation sites (tertiary alicyclic amines) is 1. The Morgan fingerprint density at radius 2 is 2.05 bits per heavy atom. The number of hydrogen-bond acceptors (Lipinski definition) is 3. The zero-order valence-corrected chi connectivity index (χ0v) is 12.4. The van der Waals surface area contributed by atoms with Crippen LogP contribution < -0.4 is 5.32 Å². The standard InChI is InChI=1S/C15H21ClFN3/c16-15-2-1-13(17)9-12(15)10-19-6-3-14(11-19)20-7-4-18-5-8-20/h1-2,9,14,18H,3-8,10-11H2. The highest BCUT2D eigenvalue weighted by molar-refractivity contribution is 6.31. The van der Waals surface area contributed by atoms with Gasteiger partial charge in [0.25, 0.3) is 0 Å². The van der Waals surface area contributed by atoms with Gasteiger partial charge in [-0.1, -0.05) is 11.6 Å². The maximum atomic E-state index is 13.3. The molecule has 1 N–H and O–H groups in total. The fourth-order valence-electron chi connectivity index (χ4n) is 3.21. The lowest BCUT2D eigenvalue weighted by molar-refractivity contribution is 0.170. The predicted molar refractivity (Wildman–Crippen MR) is 79.5 cm³/mol. The zero-order chi connectivity index (χ0) is 13.9. The number of rotatable bonds is 3. The third-order valence-electron chi connectivity index (χ3n) is 4.32. The first-order valence-corrected chi connectivity index (χ1v) is 7.71. The van der Waals surface area contributed by atoms with Crippen molar-refractivity contribution in [3.05, 3.63) is 34.6 Å². The monoisotopic (exact) mass is 297 g/mol. The van der Waals surface area contributed by atoms with Crippen LogP contribution >= 0.6 is 11.6 Å². The lowest BCUT2D eigenvalue weighted by Crippen LogP contribution is -2.49. The fraction of sp³-hybridized carbons (Fsp3) is 0.600. The first-order valence-electron chi connectivity index (χ1n) is 7.33. The Labute approximate surface area is 124 Å². The van der Waals surface area contributed by atoms with Gasteiger partial charge >= 0.3 is 0 Å². The second kappa shape index (κ2) is 6.39. The average Bonchev–Trinajstić information content (AvgIpc) is 2.92. The van der Waals surface area contributed by atoms with Gasteiger partial charge in [0.1, 0.15) is 5.82 Å². The highest BCUT2D eigenvalue weighted by Crippen LogP contribution is 2.23. The van der Waals surface area contributed by atoms with Crippen molar-refractivity contribution in [2.75, 3.05) is 39.3 Å². The molecule has 2 saturated heterocycles. The molecule has 0 radical (unpaired) electrons. The topological polar surface area (TPSA) is 18.5 Å². The summed E-state index contributed by atoms with van der Waals surface area (Å²) in [6.07, 6.45) is 1.20. The van der Waals surface area contributed by atoms with Crippen molar-refractivity contribution in [3.8, 4) is 0 Å². The Morgan fingerprint density at radius 1 is 1.25 bits per heavy atom. The minimum Gasteiger partial charge on any atom is -0.314 e. The number of hydrogen-bond donors (Lipinski definition) is 1. The van der Waals surface area contributed by atoms with E-state index >= 15 is 0 Å². The van der Waals surface area contributed by atoms with Crippen molar-refractivity contribution in [2.45, 2.75) is 19.0 Å². The maximum absolute atomic E-state index is 13.3. The largest absolute Gasteiger partial charge is 0.314 e. The Balaban J connectivity index is 1.58. The second-order valence-electron chi connectivity index (χ2n) is 5.70. The summed E-state index contributed by atoms with van der Waals surface area (Å²) in [6.45, 7) is 7.34. The van der Waals surface area contributed by atoms with E-state index in [1.807, 2.05) is 0 Å². The molecule has 0 bridgehead atoms. The molecular formula is C15H21ClFN3. The summed E-state index contributed by atoms with van der Waals surface area (Å²) < 4.78 is 13.3. The molecule has 1 aromatic rings. The van der Waals surface area contributed by atoms with Crippen molar-refractivity contribution in [1.82, 2.24) is 15.1 Å². The minimum absolute atomic E-state index is 0.206. The van der Waals surface area contributed by atoms with E-state index in [0.29, 0.717) is 11.1 Å². The van der Waals surface area contributed by atoms with Crippen LogP contribution in [0.2, 0.25) is 5.02 Å². The first-order chi connectivity index (χ1) is 9.72. The summed E-state index contributed by atoms with van der Waals surface area (Å²) in [5.41, 5.74) is 0.896. The quantitative estimate of drug-likeness (QED) is 0.920. The van der Waals surface area contributed by atoms with Crippen LogP contribution in [0.4, 0.5) is 4.39 Å². The van der Waals surface area contributed by atoms with Crippen LogP contribution in [0.15, 0.2) is 18.2 Å². The smallest absolute Gasteiger partial charge is 0.123 e. The highest BCUT2D eigenvalue weighted by atomic mass is 35.5. The zero-order valence-electron chi connectivity index (χ0n) is 11.6. The SMILES string of the molecule is Fc1ccc(Cl)c(CN2CCC(N3CCNCC3)C2)c1. The lowest BCUT2D eigenvalue weighted by Gasteiger charge is -2.32. The molecule has 20 heavy (non-hydrogen) atoms. The van der Waals surface area contributed by atoms with Crippen molar-refractivity contribution in [2.24, 2.45) is 0 Å². The lowest BCUT2D eigenvalue weighted by atomic mass is 10.2. The summed E-state index contributed by atoms with van der Waals surface area (Å²) in [5.74, 6) is -0.206. The van der Waals surface area contributed by atoms with Crippen LogP contribution in [-0.4, -0.2) is 55.1 Å². The molecule has 0 saturated carbocycles. The van der Waals surface area contributed by atoms with Gasteiger partial charge in [0.15, 0.2) is 0 Å². The molecule has 0 amide bonds. The molecule has 2 fully saturated rings. The summed E-state index contributed by atoms with van der Waals surface area (Å²) in [7, 11) is 0. The van der Waals surface area contributed by atoms with Crippen molar-refractivity contribution in [3.63, 3.8) is 0 Å². The number of halogens is 2. The van der Waals surface area contributed by atoms with Gasteiger partial charge in [0.05, 0.1) is 0 Å². The number of piperazine rings is 1. The number of benzene rings is 1. The third kappa shape index (κ3) is 3.31. The van der Waals surface area contributed by atoms with Gasteiger partial charge in [0, 0.05) is 56.9 Å². The number of nitrogens with one attached hydrogen (secondary N) is 1. The van der Waals surface area contributed by atoms with Crippen molar-refractivity contribution in [1.29, 1.82) is 0 Å². The molecule has 0 aliphatic carbocycles. The summed E-state index contributed by atoms with van der Waals surface area (Å²) in [4.78, 5) is 4.96. The Hall–Kier alpha value is -0.680. The highest BCUT2D eigenvalue weighted by Gasteiger charge is 2.28. The van der Waals surface area contributed by atoms with Gasteiger partial charge in [-0.05, 0) is 30.2 Å². The Bertz CT molecular complexity index is 462. The van der Waals surface area contributed by atoms with Gasteiger partial charge in [-0.3, -0.25) is 9.80 Å². The van der Waals surface area contributed by atoms with Gasteiger partial charge in [-0.15, -0.1) is 0 Å². The summed E-state index contributed by atoms with van der Waals surface area (Å²) in [5, 5.41) is 4.05. The van der Waals surface area contributed by atoms with Gasteiger partial charge in [0.2, 0.25) is 0 Å². The molecule has 1 unspecified atom stereocenters. The predicted octanol–water partition coefficient (Wildman–Crippen LogP) is 1.96. The van der Waals surface area contributed by atoms with Crippen LogP contribution in [0, 0.1) is 5.82 Å². The van der Waals surface area contributed by atoms with Crippen LogP contribution in [0.3, 0.4) is 0 Å². The van der Waals surface area contributed by atoms with Gasteiger partial charge in [-0.25, -0.2) is 4.39 Å². The van der Waals surface area contributed by atoms with Crippen LogP contribution in [-0.2, 0) is 6.54 Å². The van der Waals surface area contributed by atoms with E-state index in [9.17, 15) is 4.39 Å². The molecule has 110 valence electrons. The van der Waals surface area contributed by atoms with Gasteiger partial charge < -0.3 is 5.32 Å². The molecule has 3 nitrogen and oxygen atoms in total. The first kappa shape index (κ1) is 14.3. The maximum Gasteiger partial charge on any atom is 0.123 e. The molecule has 2 aliphatic heterocycles. The van der Waals surface area contributed by atoms with E-state index in [4.69, 9.17) is 11.6 Å². The van der Waals surface area contributed by atoms with E-state index in [1.165, 1.54) is 12.5 Å². The molecule has 1 atom stereocenters. The van der Waals surface area contributed by atoms with Crippen LogP contribution in [0.25, 0.3) is 0 Å². The van der Waals surface area contributed by atoms with E-state index in [1.54, 1.807) is 12.1 Å². The van der Waals surface area contributed by atoms with Crippen LogP contribution in [0.1, 0.15) is 12.0 Å². The molecule has 1 aromatic carbocycles. The molecule has 2 heterocycles. The molecule has 5 heteroatoms. The number of nitrogens with zero attached hydrogens (tertiary/aromatic N) is 2. The van der Waals surface area contributed by atoms with Crippen molar-refractivity contribution >= 4 is 11.6 Å². The Kier molecular flexibility index (Phi) is 4.56. The second-order valence-corrected chi connectivity index (χ2v) is 6.11.